The van der Waals surface area contributed by atoms with Gasteiger partial charge in [-0.05, 0) is 43.4 Å². The Morgan fingerprint density at radius 2 is 1.87 bits per heavy atom. The van der Waals surface area contributed by atoms with Crippen LogP contribution in [0.4, 0.5) is 5.13 Å². The Morgan fingerprint density at radius 1 is 1.10 bits per heavy atom. The molecule has 1 aromatic heterocycles. The Balaban J connectivity index is 1.74. The summed E-state index contributed by atoms with van der Waals surface area (Å²) in [5, 5.41) is 0.764. The fourth-order valence-corrected chi connectivity index (χ4v) is 5.05. The molecule has 0 spiro atoms. The van der Waals surface area contributed by atoms with E-state index in [0.717, 1.165) is 46.5 Å². The molecule has 0 atom stereocenters. The molecule has 1 heterocycles. The highest BCUT2D eigenvalue weighted by atomic mass is 32.2. The molecule has 3 aromatic rings. The minimum Gasteiger partial charge on any atom is -0.497 e. The van der Waals surface area contributed by atoms with Gasteiger partial charge in [0.1, 0.15) is 5.75 Å². The van der Waals surface area contributed by atoms with E-state index in [4.69, 9.17) is 9.72 Å². The number of nitrogens with zero attached hydrogens (tertiary/aromatic N) is 3. The first kappa shape index (κ1) is 22.6. The number of fused-ring (bicyclic) bond motifs is 1. The number of likely N-dealkylation sites (N-methyl/N-ethyl adjacent to an activating group) is 1. The van der Waals surface area contributed by atoms with E-state index in [2.05, 4.69) is 30.9 Å². The molecule has 0 unspecified atom stereocenters. The quantitative estimate of drug-likeness (QED) is 0.383. The van der Waals surface area contributed by atoms with Crippen molar-refractivity contribution in [3.8, 4) is 5.75 Å². The first-order chi connectivity index (χ1) is 14.6. The zero-order valence-corrected chi connectivity index (χ0v) is 19.5. The molecular formula is C23H29N3O2S2. The van der Waals surface area contributed by atoms with Crippen molar-refractivity contribution in [3.63, 3.8) is 0 Å². The molecule has 3 rings (SSSR count). The number of hydrogen-bond acceptors (Lipinski definition) is 6. The van der Waals surface area contributed by atoms with Crippen molar-refractivity contribution in [2.24, 2.45) is 0 Å². The molecule has 0 radical (unpaired) electrons. The minimum atomic E-state index is 0.122. The number of aromatic nitrogens is 1. The summed E-state index contributed by atoms with van der Waals surface area (Å²) in [5.41, 5.74) is 0.898. The Kier molecular flexibility index (Phi) is 8.54. The van der Waals surface area contributed by atoms with Crippen LogP contribution in [-0.2, 0) is 4.79 Å². The van der Waals surface area contributed by atoms with Crippen molar-refractivity contribution in [3.05, 3.63) is 48.5 Å². The summed E-state index contributed by atoms with van der Waals surface area (Å²) in [6.07, 6.45) is 0.483. The summed E-state index contributed by atoms with van der Waals surface area (Å²) in [5.74, 6) is 1.68. The van der Waals surface area contributed by atoms with Crippen LogP contribution >= 0.6 is 23.1 Å². The van der Waals surface area contributed by atoms with Gasteiger partial charge in [0.05, 0.1) is 17.3 Å². The topological polar surface area (TPSA) is 45.7 Å². The molecule has 30 heavy (non-hydrogen) atoms. The van der Waals surface area contributed by atoms with Gasteiger partial charge in [-0.2, -0.15) is 0 Å². The van der Waals surface area contributed by atoms with Crippen molar-refractivity contribution in [1.29, 1.82) is 0 Å². The molecule has 0 bridgehead atoms. The van der Waals surface area contributed by atoms with Gasteiger partial charge >= 0.3 is 0 Å². The zero-order valence-electron chi connectivity index (χ0n) is 17.8. The highest BCUT2D eigenvalue weighted by molar-refractivity contribution is 7.99. The number of thiazole rings is 1. The number of hydrogen-bond donors (Lipinski definition) is 0. The van der Waals surface area contributed by atoms with E-state index in [-0.39, 0.29) is 5.91 Å². The number of ether oxygens (including phenoxy) is 1. The predicted octanol–water partition coefficient (Wildman–Crippen LogP) is 5.16. The Bertz CT molecular complexity index is 942. The van der Waals surface area contributed by atoms with Crippen LogP contribution in [0.5, 0.6) is 5.75 Å². The summed E-state index contributed by atoms with van der Waals surface area (Å²) in [4.78, 5) is 23.3. The Labute approximate surface area is 187 Å². The molecule has 0 aliphatic carbocycles. The molecular weight excluding hydrogens is 414 g/mol. The fraction of sp³-hybridized carbons (Fsp3) is 0.391. The SMILES string of the molecule is CCN(CC)CCN(C(=O)CCSc1ccccc1)c1nc2ccc(OC)cc2s1. The third-order valence-electron chi connectivity index (χ3n) is 4.98. The van der Waals surface area contributed by atoms with Gasteiger partial charge < -0.3 is 9.64 Å². The van der Waals surface area contributed by atoms with Gasteiger partial charge in [0.2, 0.25) is 5.91 Å². The third-order valence-corrected chi connectivity index (χ3v) is 7.03. The van der Waals surface area contributed by atoms with Crippen molar-refractivity contribution in [2.75, 3.05) is 43.9 Å². The van der Waals surface area contributed by atoms with Crippen LogP contribution in [0.1, 0.15) is 20.3 Å². The fourth-order valence-electron chi connectivity index (χ4n) is 3.15. The smallest absolute Gasteiger partial charge is 0.229 e. The van der Waals surface area contributed by atoms with E-state index in [1.807, 2.05) is 41.3 Å². The minimum absolute atomic E-state index is 0.122. The second kappa shape index (κ2) is 11.3. The monoisotopic (exact) mass is 443 g/mol. The lowest BCUT2D eigenvalue weighted by Crippen LogP contribution is -2.39. The van der Waals surface area contributed by atoms with Crippen molar-refractivity contribution < 1.29 is 9.53 Å². The first-order valence-electron chi connectivity index (χ1n) is 10.3. The Hall–Kier alpha value is -2.09. The highest BCUT2D eigenvalue weighted by Gasteiger charge is 2.20. The molecule has 0 saturated heterocycles. The van der Waals surface area contributed by atoms with Gasteiger partial charge in [-0.15, -0.1) is 11.8 Å². The molecule has 0 aliphatic rings. The van der Waals surface area contributed by atoms with Crippen LogP contribution < -0.4 is 9.64 Å². The summed E-state index contributed by atoms with van der Waals surface area (Å²) in [6, 6.07) is 16.0. The average molecular weight is 444 g/mol. The molecule has 5 nitrogen and oxygen atoms in total. The summed E-state index contributed by atoms with van der Waals surface area (Å²) in [7, 11) is 1.66. The van der Waals surface area contributed by atoms with Crippen LogP contribution in [-0.4, -0.2) is 54.8 Å². The average Bonchev–Trinajstić information content (AvgIpc) is 3.20. The van der Waals surface area contributed by atoms with Gasteiger partial charge in [0, 0.05) is 30.2 Å². The van der Waals surface area contributed by atoms with Crippen LogP contribution in [0, 0.1) is 0 Å². The van der Waals surface area contributed by atoms with Crippen LogP contribution in [0.2, 0.25) is 0 Å². The number of thioether (sulfide) groups is 1. The highest BCUT2D eigenvalue weighted by Crippen LogP contribution is 2.32. The lowest BCUT2D eigenvalue weighted by atomic mass is 10.3. The molecule has 0 N–H and O–H groups in total. The number of anilines is 1. The van der Waals surface area contributed by atoms with Gasteiger partial charge in [-0.25, -0.2) is 4.98 Å². The van der Waals surface area contributed by atoms with E-state index in [9.17, 15) is 4.79 Å². The number of carbonyl (C=O) groups is 1. The van der Waals surface area contributed by atoms with Crippen molar-refractivity contribution >= 4 is 44.4 Å². The maximum atomic E-state index is 13.2. The lowest BCUT2D eigenvalue weighted by molar-refractivity contribution is -0.118. The maximum absolute atomic E-state index is 13.2. The molecule has 7 heteroatoms. The molecule has 0 aliphatic heterocycles. The summed E-state index contributed by atoms with van der Waals surface area (Å²) >= 11 is 3.26. The first-order valence-corrected chi connectivity index (χ1v) is 12.1. The van der Waals surface area contributed by atoms with Crippen molar-refractivity contribution in [1.82, 2.24) is 9.88 Å². The largest absolute Gasteiger partial charge is 0.497 e. The van der Waals surface area contributed by atoms with Gasteiger partial charge in [-0.1, -0.05) is 43.4 Å². The van der Waals surface area contributed by atoms with E-state index >= 15 is 0 Å². The molecule has 2 aromatic carbocycles. The molecule has 0 fully saturated rings. The van der Waals surface area contributed by atoms with Crippen molar-refractivity contribution in [2.45, 2.75) is 25.2 Å². The summed E-state index contributed by atoms with van der Waals surface area (Å²) < 4.78 is 6.36. The standard InChI is InChI=1S/C23H29N3O2S2/c1-4-25(5-2)14-15-26(22(27)13-16-29-19-9-7-6-8-10-19)23-24-20-12-11-18(28-3)17-21(20)30-23/h6-12,17H,4-5,13-16H2,1-3H3. The van der Waals surface area contributed by atoms with E-state index < -0.39 is 0 Å². The number of methoxy groups -OCH3 is 1. The van der Waals surface area contributed by atoms with E-state index in [1.165, 1.54) is 4.90 Å². The second-order valence-corrected chi connectivity index (χ2v) is 8.99. The number of rotatable bonds is 11. The van der Waals surface area contributed by atoms with Crippen LogP contribution in [0.15, 0.2) is 53.4 Å². The number of carbonyl (C=O) groups excluding carboxylic acids is 1. The second-order valence-electron chi connectivity index (χ2n) is 6.81. The van der Waals surface area contributed by atoms with Gasteiger partial charge in [0.25, 0.3) is 0 Å². The Morgan fingerprint density at radius 3 is 2.57 bits per heavy atom. The van der Waals surface area contributed by atoms with Gasteiger partial charge in [0.15, 0.2) is 5.13 Å². The number of amides is 1. The van der Waals surface area contributed by atoms with E-state index in [1.54, 1.807) is 30.2 Å². The molecule has 0 saturated carbocycles. The predicted molar refractivity (Wildman–Crippen MR) is 128 cm³/mol. The lowest BCUT2D eigenvalue weighted by Gasteiger charge is -2.24. The normalized spacial score (nSPS) is 11.2. The van der Waals surface area contributed by atoms with Gasteiger partial charge in [-0.3, -0.25) is 9.69 Å². The third kappa shape index (κ3) is 5.97. The molecule has 1 amide bonds. The van der Waals surface area contributed by atoms with Crippen LogP contribution in [0.25, 0.3) is 10.2 Å². The van der Waals surface area contributed by atoms with Crippen LogP contribution in [0.3, 0.4) is 0 Å². The summed E-state index contributed by atoms with van der Waals surface area (Å²) in [6.45, 7) is 7.72. The zero-order chi connectivity index (χ0) is 21.3. The van der Waals surface area contributed by atoms with E-state index in [0.29, 0.717) is 13.0 Å². The maximum Gasteiger partial charge on any atom is 0.229 e. The molecule has 160 valence electrons. The number of benzene rings is 2.